The number of fused-ring (bicyclic) bond motifs is 1. The SMILES string of the molecule is CCN1Cc2ccccc2OC2(CCC(N(C)CC3=CCCCC3)CC2)C1. The van der Waals surface area contributed by atoms with Crippen LogP contribution in [-0.4, -0.2) is 48.1 Å². The maximum absolute atomic E-state index is 6.72. The third-order valence-corrected chi connectivity index (χ3v) is 6.98. The lowest BCUT2D eigenvalue weighted by Gasteiger charge is -2.43. The molecule has 3 nitrogen and oxygen atoms in total. The van der Waals surface area contributed by atoms with Gasteiger partial charge >= 0.3 is 0 Å². The number of hydrogen-bond donors (Lipinski definition) is 0. The third kappa shape index (κ3) is 4.41. The van der Waals surface area contributed by atoms with Gasteiger partial charge in [0.1, 0.15) is 11.4 Å². The van der Waals surface area contributed by atoms with Crippen LogP contribution in [0.25, 0.3) is 0 Å². The van der Waals surface area contributed by atoms with E-state index in [2.05, 4.69) is 54.1 Å². The van der Waals surface area contributed by atoms with Gasteiger partial charge in [0.05, 0.1) is 0 Å². The molecular formula is C24H36N2O. The Kier molecular flexibility index (Phi) is 5.89. The van der Waals surface area contributed by atoms with Gasteiger partial charge in [-0.15, -0.1) is 0 Å². The average Bonchev–Trinajstić information content (AvgIpc) is 2.85. The zero-order chi connectivity index (χ0) is 18.7. The van der Waals surface area contributed by atoms with Crippen molar-refractivity contribution in [2.24, 2.45) is 0 Å². The van der Waals surface area contributed by atoms with Crippen molar-refractivity contribution in [2.45, 2.75) is 76.5 Å². The predicted octanol–water partition coefficient (Wildman–Crippen LogP) is 5.01. The van der Waals surface area contributed by atoms with Crippen molar-refractivity contribution < 1.29 is 4.74 Å². The highest BCUT2D eigenvalue weighted by molar-refractivity contribution is 5.35. The maximum Gasteiger partial charge on any atom is 0.124 e. The lowest BCUT2D eigenvalue weighted by molar-refractivity contribution is -0.0127. The van der Waals surface area contributed by atoms with E-state index in [4.69, 9.17) is 4.74 Å². The Labute approximate surface area is 165 Å². The number of rotatable bonds is 4. The van der Waals surface area contributed by atoms with Crippen LogP contribution >= 0.6 is 0 Å². The van der Waals surface area contributed by atoms with E-state index in [-0.39, 0.29) is 5.60 Å². The van der Waals surface area contributed by atoms with Gasteiger partial charge in [0.2, 0.25) is 0 Å². The van der Waals surface area contributed by atoms with Crippen molar-refractivity contribution in [3.63, 3.8) is 0 Å². The van der Waals surface area contributed by atoms with Crippen LogP contribution in [0.3, 0.4) is 0 Å². The van der Waals surface area contributed by atoms with E-state index in [0.29, 0.717) is 6.04 Å². The molecule has 0 unspecified atom stereocenters. The number of allylic oxidation sites excluding steroid dienone is 1. The first-order chi connectivity index (χ1) is 13.2. The average molecular weight is 369 g/mol. The summed E-state index contributed by atoms with van der Waals surface area (Å²) < 4.78 is 6.72. The van der Waals surface area contributed by atoms with Crippen LogP contribution in [0.2, 0.25) is 0 Å². The second kappa shape index (κ2) is 8.36. The van der Waals surface area contributed by atoms with Gasteiger partial charge in [-0.05, 0) is 71.0 Å². The fourth-order valence-corrected chi connectivity index (χ4v) is 5.25. The van der Waals surface area contributed by atoms with Crippen LogP contribution in [0, 0.1) is 0 Å². The highest BCUT2D eigenvalue weighted by Crippen LogP contribution is 2.39. The van der Waals surface area contributed by atoms with Crippen molar-refractivity contribution in [3.05, 3.63) is 41.5 Å². The van der Waals surface area contributed by atoms with Crippen molar-refractivity contribution in [1.82, 2.24) is 9.80 Å². The van der Waals surface area contributed by atoms with Crippen molar-refractivity contribution in [2.75, 3.05) is 26.7 Å². The number of nitrogens with zero attached hydrogens (tertiary/aromatic N) is 2. The molecule has 0 saturated heterocycles. The monoisotopic (exact) mass is 368 g/mol. The van der Waals surface area contributed by atoms with E-state index in [9.17, 15) is 0 Å². The highest BCUT2D eigenvalue weighted by atomic mass is 16.5. The van der Waals surface area contributed by atoms with E-state index < -0.39 is 0 Å². The number of likely N-dealkylation sites (N-methyl/N-ethyl adjacent to an activating group) is 2. The molecule has 3 heteroatoms. The van der Waals surface area contributed by atoms with Gasteiger partial charge in [0.15, 0.2) is 0 Å². The van der Waals surface area contributed by atoms with Crippen LogP contribution in [0.15, 0.2) is 35.9 Å². The fraction of sp³-hybridized carbons (Fsp3) is 0.667. The van der Waals surface area contributed by atoms with Crippen molar-refractivity contribution in [3.8, 4) is 5.75 Å². The minimum absolute atomic E-state index is 0.00403. The molecule has 0 radical (unpaired) electrons. The molecule has 27 heavy (non-hydrogen) atoms. The van der Waals surface area contributed by atoms with Gasteiger partial charge in [-0.25, -0.2) is 0 Å². The lowest BCUT2D eigenvalue weighted by atomic mass is 9.80. The highest BCUT2D eigenvalue weighted by Gasteiger charge is 2.41. The Morgan fingerprint density at radius 3 is 2.74 bits per heavy atom. The number of para-hydroxylation sites is 1. The molecule has 0 amide bonds. The second-order valence-electron chi connectivity index (χ2n) is 8.95. The minimum atomic E-state index is 0.00403. The lowest BCUT2D eigenvalue weighted by Crippen LogP contribution is -2.51. The van der Waals surface area contributed by atoms with Gasteiger partial charge in [-0.3, -0.25) is 9.80 Å². The number of ether oxygens (including phenoxy) is 1. The first-order valence-electron chi connectivity index (χ1n) is 11.0. The topological polar surface area (TPSA) is 15.7 Å². The van der Waals surface area contributed by atoms with Gasteiger partial charge < -0.3 is 4.74 Å². The molecule has 4 rings (SSSR count). The van der Waals surface area contributed by atoms with E-state index in [1.54, 1.807) is 5.57 Å². The molecule has 1 spiro atoms. The zero-order valence-corrected chi connectivity index (χ0v) is 17.3. The molecule has 1 aromatic rings. The number of benzene rings is 1. The standard InChI is InChI=1S/C24H36N2O/c1-3-26-18-21-11-7-8-12-23(21)27-24(19-26)15-13-22(14-16-24)25(2)17-20-9-5-4-6-10-20/h7-9,11-12,22H,3-6,10,13-19H2,1-2H3. The van der Waals surface area contributed by atoms with Crippen LogP contribution in [0.5, 0.6) is 5.75 Å². The largest absolute Gasteiger partial charge is 0.486 e. The second-order valence-corrected chi connectivity index (χ2v) is 8.95. The molecule has 0 N–H and O–H groups in total. The molecular weight excluding hydrogens is 332 g/mol. The van der Waals surface area contributed by atoms with E-state index >= 15 is 0 Å². The first-order valence-corrected chi connectivity index (χ1v) is 11.0. The quantitative estimate of drug-likeness (QED) is 0.695. The Hall–Kier alpha value is -1.32. The van der Waals surface area contributed by atoms with Crippen LogP contribution in [0.1, 0.15) is 63.9 Å². The summed E-state index contributed by atoms with van der Waals surface area (Å²) in [6.07, 6.45) is 12.7. The smallest absolute Gasteiger partial charge is 0.124 e. The first kappa shape index (κ1) is 19.0. The molecule has 1 aromatic carbocycles. The molecule has 148 valence electrons. The summed E-state index contributed by atoms with van der Waals surface area (Å²) >= 11 is 0. The Morgan fingerprint density at radius 1 is 1.19 bits per heavy atom. The Morgan fingerprint density at radius 2 is 2.00 bits per heavy atom. The summed E-state index contributed by atoms with van der Waals surface area (Å²) in [5.41, 5.74) is 3.02. The molecule has 0 bridgehead atoms. The molecule has 1 saturated carbocycles. The van der Waals surface area contributed by atoms with Gasteiger partial charge in [0, 0.05) is 31.2 Å². The van der Waals surface area contributed by atoms with Crippen LogP contribution in [0.4, 0.5) is 0 Å². The molecule has 0 aromatic heterocycles. The molecule has 2 aliphatic carbocycles. The third-order valence-electron chi connectivity index (χ3n) is 6.98. The van der Waals surface area contributed by atoms with Crippen LogP contribution in [-0.2, 0) is 6.54 Å². The summed E-state index contributed by atoms with van der Waals surface area (Å²) in [7, 11) is 2.33. The summed E-state index contributed by atoms with van der Waals surface area (Å²) in [6.45, 7) is 6.63. The van der Waals surface area contributed by atoms with Crippen LogP contribution < -0.4 is 4.74 Å². The van der Waals surface area contributed by atoms with Gasteiger partial charge in [-0.2, -0.15) is 0 Å². The van der Waals surface area contributed by atoms with Gasteiger partial charge in [-0.1, -0.05) is 36.8 Å². The fourth-order valence-electron chi connectivity index (χ4n) is 5.25. The van der Waals surface area contributed by atoms with E-state index in [1.807, 2.05) is 0 Å². The number of hydrogen-bond acceptors (Lipinski definition) is 3. The van der Waals surface area contributed by atoms with Crippen molar-refractivity contribution >= 4 is 0 Å². The van der Waals surface area contributed by atoms with Crippen molar-refractivity contribution in [1.29, 1.82) is 0 Å². The summed E-state index contributed by atoms with van der Waals surface area (Å²) in [6, 6.07) is 9.36. The summed E-state index contributed by atoms with van der Waals surface area (Å²) in [5.74, 6) is 1.12. The predicted molar refractivity (Wildman–Crippen MR) is 112 cm³/mol. The summed E-state index contributed by atoms with van der Waals surface area (Å²) in [5, 5.41) is 0. The molecule has 1 aliphatic heterocycles. The van der Waals surface area contributed by atoms with Gasteiger partial charge in [0.25, 0.3) is 0 Å². The summed E-state index contributed by atoms with van der Waals surface area (Å²) in [4.78, 5) is 5.19. The maximum atomic E-state index is 6.72. The zero-order valence-electron chi connectivity index (χ0n) is 17.3. The van der Waals surface area contributed by atoms with E-state index in [0.717, 1.165) is 25.4 Å². The molecule has 0 atom stereocenters. The van der Waals surface area contributed by atoms with E-state index in [1.165, 1.54) is 63.5 Å². The molecule has 1 heterocycles. The molecule has 1 fully saturated rings. The minimum Gasteiger partial charge on any atom is -0.486 e. The normalized spacial score (nSPS) is 29.1. The Balaban J connectivity index is 1.41. The Bertz CT molecular complexity index is 660. The molecule has 3 aliphatic rings.